The number of rotatable bonds is 4. The van der Waals surface area contributed by atoms with E-state index in [0.29, 0.717) is 24.5 Å². The van der Waals surface area contributed by atoms with Crippen molar-refractivity contribution in [3.8, 4) is 6.07 Å². The quantitative estimate of drug-likeness (QED) is 0.933. The van der Waals surface area contributed by atoms with Crippen molar-refractivity contribution in [2.24, 2.45) is 5.92 Å². The summed E-state index contributed by atoms with van der Waals surface area (Å²) in [6.07, 6.45) is 1.51. The average Bonchev–Trinajstić information content (AvgIpc) is 2.52. The van der Waals surface area contributed by atoms with E-state index in [0.717, 1.165) is 10.8 Å². The molecule has 0 saturated heterocycles. The molecule has 5 nitrogen and oxygen atoms in total. The number of amides is 1. The number of anilines is 1. The molecule has 2 aromatic rings. The highest BCUT2D eigenvalue weighted by Gasteiger charge is 2.19. The molecule has 1 aromatic carbocycles. The van der Waals surface area contributed by atoms with Crippen molar-refractivity contribution in [1.82, 2.24) is 9.88 Å². The Labute approximate surface area is 124 Å². The zero-order chi connectivity index (χ0) is 15.4. The van der Waals surface area contributed by atoms with Crippen molar-refractivity contribution < 1.29 is 4.79 Å². The lowest BCUT2D eigenvalue weighted by Gasteiger charge is -2.22. The number of benzene rings is 1. The lowest BCUT2D eigenvalue weighted by molar-refractivity contribution is 0.0754. The number of carbonyl (C=O) groups is 1. The maximum atomic E-state index is 12.7. The number of pyridine rings is 1. The molecule has 1 aromatic heterocycles. The van der Waals surface area contributed by atoms with Crippen molar-refractivity contribution in [3.05, 3.63) is 36.0 Å². The van der Waals surface area contributed by atoms with E-state index in [1.807, 2.05) is 31.2 Å². The molecular formula is C16H18N4O. The number of carbonyl (C=O) groups excluding carboxylic acids is 1. The molecule has 0 bridgehead atoms. The molecule has 0 radical (unpaired) electrons. The Morgan fingerprint density at radius 1 is 1.43 bits per heavy atom. The summed E-state index contributed by atoms with van der Waals surface area (Å²) >= 11 is 0. The van der Waals surface area contributed by atoms with E-state index in [4.69, 9.17) is 11.0 Å². The van der Waals surface area contributed by atoms with Gasteiger partial charge in [0.15, 0.2) is 0 Å². The minimum Gasteiger partial charge on any atom is -0.383 e. The topological polar surface area (TPSA) is 83.0 Å². The molecule has 2 rings (SSSR count). The van der Waals surface area contributed by atoms with E-state index >= 15 is 0 Å². The molecule has 5 heteroatoms. The van der Waals surface area contributed by atoms with Gasteiger partial charge in [-0.1, -0.05) is 24.3 Å². The summed E-state index contributed by atoms with van der Waals surface area (Å²) in [6, 6.07) is 9.60. The Bertz CT molecular complexity index is 705. The summed E-state index contributed by atoms with van der Waals surface area (Å²) in [5, 5.41) is 10.5. The van der Waals surface area contributed by atoms with Crippen LogP contribution in [0.15, 0.2) is 30.5 Å². The monoisotopic (exact) mass is 282 g/mol. The number of nitriles is 1. The summed E-state index contributed by atoms with van der Waals surface area (Å²) in [7, 11) is 0. The molecule has 0 saturated carbocycles. The lowest BCUT2D eigenvalue weighted by Crippen LogP contribution is -2.34. The number of nitrogens with zero attached hydrogens (tertiary/aromatic N) is 3. The standard InChI is InChI=1S/C16H18N4O/c1-3-20(10-11(2)8-17)16(21)14-9-19-15(18)13-7-5-4-6-12(13)14/h4-7,9,11H,3,10H2,1-2H3,(H2,18,19). The van der Waals surface area contributed by atoms with Crippen molar-refractivity contribution in [2.75, 3.05) is 18.8 Å². The highest BCUT2D eigenvalue weighted by atomic mass is 16.2. The third-order valence-corrected chi connectivity index (χ3v) is 3.44. The molecular weight excluding hydrogens is 264 g/mol. The maximum absolute atomic E-state index is 12.7. The van der Waals surface area contributed by atoms with Crippen LogP contribution in [0.25, 0.3) is 10.8 Å². The van der Waals surface area contributed by atoms with Gasteiger partial charge in [-0.25, -0.2) is 4.98 Å². The molecule has 21 heavy (non-hydrogen) atoms. The third-order valence-electron chi connectivity index (χ3n) is 3.44. The number of fused-ring (bicyclic) bond motifs is 1. The average molecular weight is 282 g/mol. The van der Waals surface area contributed by atoms with Gasteiger partial charge in [-0.15, -0.1) is 0 Å². The molecule has 0 fully saturated rings. The molecule has 0 aliphatic carbocycles. The zero-order valence-corrected chi connectivity index (χ0v) is 12.2. The Balaban J connectivity index is 2.44. The normalized spacial score (nSPS) is 11.9. The molecule has 108 valence electrons. The number of nitrogen functional groups attached to an aromatic ring is 1. The predicted octanol–water partition coefficient (Wildman–Crippen LogP) is 2.44. The van der Waals surface area contributed by atoms with Crippen molar-refractivity contribution in [3.63, 3.8) is 0 Å². The van der Waals surface area contributed by atoms with E-state index in [1.165, 1.54) is 6.20 Å². The van der Waals surface area contributed by atoms with Crippen LogP contribution in [0.2, 0.25) is 0 Å². The highest BCUT2D eigenvalue weighted by molar-refractivity contribution is 6.08. The van der Waals surface area contributed by atoms with Crippen LogP contribution in [-0.2, 0) is 0 Å². The minimum atomic E-state index is -0.207. The third kappa shape index (κ3) is 2.95. The van der Waals surface area contributed by atoms with Crippen LogP contribution in [0, 0.1) is 17.2 Å². The largest absolute Gasteiger partial charge is 0.383 e. The number of nitrogens with two attached hydrogens (primary N) is 1. The Morgan fingerprint density at radius 3 is 2.71 bits per heavy atom. The van der Waals surface area contributed by atoms with Gasteiger partial charge in [0, 0.05) is 24.7 Å². The number of hydrogen-bond acceptors (Lipinski definition) is 4. The van der Waals surface area contributed by atoms with Gasteiger partial charge in [0.1, 0.15) is 5.82 Å². The smallest absolute Gasteiger partial charge is 0.256 e. The molecule has 2 N–H and O–H groups in total. The zero-order valence-electron chi connectivity index (χ0n) is 12.2. The lowest BCUT2D eigenvalue weighted by atomic mass is 10.1. The van der Waals surface area contributed by atoms with Gasteiger partial charge in [0.2, 0.25) is 0 Å². The molecule has 1 heterocycles. The fraction of sp³-hybridized carbons (Fsp3) is 0.312. The van der Waals surface area contributed by atoms with Gasteiger partial charge in [-0.05, 0) is 19.2 Å². The first-order valence-corrected chi connectivity index (χ1v) is 6.90. The summed E-state index contributed by atoms with van der Waals surface area (Å²) in [6.45, 7) is 4.65. The molecule has 1 amide bonds. The molecule has 0 spiro atoms. The summed E-state index contributed by atoms with van der Waals surface area (Å²) in [4.78, 5) is 18.5. The van der Waals surface area contributed by atoms with Crippen LogP contribution in [-0.4, -0.2) is 28.9 Å². The van der Waals surface area contributed by atoms with E-state index in [2.05, 4.69) is 11.1 Å². The first kappa shape index (κ1) is 14.8. The molecule has 0 aliphatic rings. The van der Waals surface area contributed by atoms with Crippen molar-refractivity contribution >= 4 is 22.5 Å². The van der Waals surface area contributed by atoms with Crippen LogP contribution in [0.1, 0.15) is 24.2 Å². The Kier molecular flexibility index (Phi) is 4.39. The number of aromatic nitrogens is 1. The summed E-state index contributed by atoms with van der Waals surface area (Å²) in [5.41, 5.74) is 6.38. The van der Waals surface area contributed by atoms with Crippen molar-refractivity contribution in [1.29, 1.82) is 5.26 Å². The first-order chi connectivity index (χ1) is 10.1. The second-order valence-electron chi connectivity index (χ2n) is 4.98. The molecule has 1 atom stereocenters. The van der Waals surface area contributed by atoms with Crippen LogP contribution in [0.4, 0.5) is 5.82 Å². The van der Waals surface area contributed by atoms with Gasteiger partial charge in [-0.2, -0.15) is 5.26 Å². The Hall–Kier alpha value is -2.61. The minimum absolute atomic E-state index is 0.122. The predicted molar refractivity (Wildman–Crippen MR) is 82.5 cm³/mol. The van der Waals surface area contributed by atoms with E-state index < -0.39 is 0 Å². The Morgan fingerprint density at radius 2 is 2.10 bits per heavy atom. The first-order valence-electron chi connectivity index (χ1n) is 6.90. The van der Waals surface area contributed by atoms with Gasteiger partial charge >= 0.3 is 0 Å². The van der Waals surface area contributed by atoms with Crippen LogP contribution >= 0.6 is 0 Å². The van der Waals surface area contributed by atoms with Gasteiger partial charge in [0.25, 0.3) is 5.91 Å². The molecule has 1 unspecified atom stereocenters. The van der Waals surface area contributed by atoms with Gasteiger partial charge in [0.05, 0.1) is 17.6 Å². The second-order valence-corrected chi connectivity index (χ2v) is 4.98. The summed E-state index contributed by atoms with van der Waals surface area (Å²) < 4.78 is 0. The van der Waals surface area contributed by atoms with Gasteiger partial charge < -0.3 is 10.6 Å². The SMILES string of the molecule is CCN(CC(C)C#N)C(=O)c1cnc(N)c2ccccc12. The van der Waals surface area contributed by atoms with Gasteiger partial charge in [-0.3, -0.25) is 4.79 Å². The van der Waals surface area contributed by atoms with E-state index in [9.17, 15) is 4.79 Å². The van der Waals surface area contributed by atoms with Crippen molar-refractivity contribution in [2.45, 2.75) is 13.8 Å². The van der Waals surface area contributed by atoms with Crippen LogP contribution < -0.4 is 5.73 Å². The second kappa shape index (κ2) is 6.23. The number of hydrogen-bond donors (Lipinski definition) is 1. The maximum Gasteiger partial charge on any atom is 0.256 e. The fourth-order valence-corrected chi connectivity index (χ4v) is 2.28. The van der Waals surface area contributed by atoms with E-state index in [-0.39, 0.29) is 11.8 Å². The van der Waals surface area contributed by atoms with E-state index in [1.54, 1.807) is 11.8 Å². The summed E-state index contributed by atoms with van der Waals surface area (Å²) in [5.74, 6) is 0.0841. The van der Waals surface area contributed by atoms with Crippen LogP contribution in [0.5, 0.6) is 0 Å². The fourth-order valence-electron chi connectivity index (χ4n) is 2.28. The highest BCUT2D eigenvalue weighted by Crippen LogP contribution is 2.23. The molecule has 0 aliphatic heterocycles. The van der Waals surface area contributed by atoms with Crippen LogP contribution in [0.3, 0.4) is 0 Å².